The van der Waals surface area contributed by atoms with Gasteiger partial charge in [-0.3, -0.25) is 4.79 Å². The standard InChI is InChI=1S/C23H20ClN3O2S/c1-15-4-2-5-16-12-17(22(28)26-21(15)16)13-27(14-20-6-3-11-30-20)23(29)25-19-9-7-18(24)8-10-19/h2-12H,13-14H2,1H3,(H,25,29)(H,26,28). The number of para-hydroxylation sites is 1. The number of halogens is 1. The van der Waals surface area contributed by atoms with Crippen LogP contribution in [0.4, 0.5) is 10.5 Å². The molecule has 0 aliphatic heterocycles. The fraction of sp³-hybridized carbons (Fsp3) is 0.130. The monoisotopic (exact) mass is 437 g/mol. The summed E-state index contributed by atoms with van der Waals surface area (Å²) in [5.74, 6) is 0. The van der Waals surface area contributed by atoms with Gasteiger partial charge >= 0.3 is 6.03 Å². The lowest BCUT2D eigenvalue weighted by atomic mass is 10.1. The molecule has 0 spiro atoms. The van der Waals surface area contributed by atoms with Crippen molar-refractivity contribution >= 4 is 45.6 Å². The van der Waals surface area contributed by atoms with Crippen LogP contribution in [0.15, 0.2) is 70.8 Å². The zero-order valence-corrected chi connectivity index (χ0v) is 17.9. The number of carbonyl (C=O) groups excluding carboxylic acids is 1. The number of nitrogens with one attached hydrogen (secondary N) is 2. The third-order valence-corrected chi connectivity index (χ3v) is 5.95. The number of carbonyl (C=O) groups is 1. The Morgan fingerprint density at radius 3 is 2.63 bits per heavy atom. The van der Waals surface area contributed by atoms with Gasteiger partial charge in [0.05, 0.1) is 18.6 Å². The summed E-state index contributed by atoms with van der Waals surface area (Å²) < 4.78 is 0. The quantitative estimate of drug-likeness (QED) is 0.415. The van der Waals surface area contributed by atoms with E-state index in [9.17, 15) is 9.59 Å². The molecule has 0 saturated heterocycles. The lowest BCUT2D eigenvalue weighted by Gasteiger charge is -2.23. The van der Waals surface area contributed by atoms with Crippen LogP contribution in [0.1, 0.15) is 16.0 Å². The first-order valence-electron chi connectivity index (χ1n) is 9.45. The summed E-state index contributed by atoms with van der Waals surface area (Å²) in [7, 11) is 0. The van der Waals surface area contributed by atoms with Gasteiger partial charge in [0.15, 0.2) is 0 Å². The highest BCUT2D eigenvalue weighted by Gasteiger charge is 2.18. The van der Waals surface area contributed by atoms with Crippen molar-refractivity contribution in [2.45, 2.75) is 20.0 Å². The normalized spacial score (nSPS) is 10.9. The van der Waals surface area contributed by atoms with E-state index < -0.39 is 0 Å². The fourth-order valence-electron chi connectivity index (χ4n) is 3.28. The average molecular weight is 438 g/mol. The van der Waals surface area contributed by atoms with Crippen LogP contribution in [0.2, 0.25) is 5.02 Å². The van der Waals surface area contributed by atoms with E-state index in [1.165, 1.54) is 0 Å². The number of urea groups is 1. The van der Waals surface area contributed by atoms with Crippen molar-refractivity contribution in [1.29, 1.82) is 0 Å². The molecule has 0 aliphatic carbocycles. The van der Waals surface area contributed by atoms with Crippen molar-refractivity contribution in [1.82, 2.24) is 9.88 Å². The molecule has 0 unspecified atom stereocenters. The zero-order chi connectivity index (χ0) is 21.1. The Hall–Kier alpha value is -3.09. The van der Waals surface area contributed by atoms with Gasteiger partial charge in [0, 0.05) is 21.2 Å². The van der Waals surface area contributed by atoms with Crippen molar-refractivity contribution in [3.05, 3.63) is 97.4 Å². The van der Waals surface area contributed by atoms with Crippen molar-refractivity contribution in [2.24, 2.45) is 0 Å². The summed E-state index contributed by atoms with van der Waals surface area (Å²) in [6.07, 6.45) is 0. The molecule has 0 saturated carbocycles. The molecule has 152 valence electrons. The number of anilines is 1. The molecular weight excluding hydrogens is 418 g/mol. The predicted octanol–water partition coefficient (Wildman–Crippen LogP) is 5.79. The van der Waals surface area contributed by atoms with Crippen molar-refractivity contribution in [3.8, 4) is 0 Å². The van der Waals surface area contributed by atoms with Gasteiger partial charge in [-0.05, 0) is 59.7 Å². The summed E-state index contributed by atoms with van der Waals surface area (Å²) in [5, 5.41) is 6.40. The molecule has 0 bridgehead atoms. The molecule has 2 amide bonds. The maximum atomic E-state index is 13.0. The van der Waals surface area contributed by atoms with Gasteiger partial charge in [0.2, 0.25) is 0 Å². The van der Waals surface area contributed by atoms with Gasteiger partial charge in [-0.25, -0.2) is 4.79 Å². The Kier molecular flexibility index (Phi) is 5.88. The fourth-order valence-corrected chi connectivity index (χ4v) is 4.12. The second-order valence-electron chi connectivity index (χ2n) is 7.04. The van der Waals surface area contributed by atoms with Gasteiger partial charge < -0.3 is 15.2 Å². The van der Waals surface area contributed by atoms with E-state index in [1.54, 1.807) is 40.5 Å². The number of benzene rings is 2. The second-order valence-corrected chi connectivity index (χ2v) is 8.50. The van der Waals surface area contributed by atoms with E-state index in [0.29, 0.717) is 22.8 Å². The Morgan fingerprint density at radius 2 is 1.90 bits per heavy atom. The zero-order valence-electron chi connectivity index (χ0n) is 16.3. The topological polar surface area (TPSA) is 65.2 Å². The van der Waals surface area contributed by atoms with Crippen LogP contribution in [0.25, 0.3) is 10.9 Å². The predicted molar refractivity (Wildman–Crippen MR) is 123 cm³/mol. The summed E-state index contributed by atoms with van der Waals surface area (Å²) in [6.45, 7) is 2.56. The molecular formula is C23H20ClN3O2S. The number of aryl methyl sites for hydroxylation is 1. The molecule has 4 rings (SSSR count). The van der Waals surface area contributed by atoms with E-state index >= 15 is 0 Å². The Labute approximate surface area is 182 Å². The van der Waals surface area contributed by atoms with Crippen LogP contribution >= 0.6 is 22.9 Å². The van der Waals surface area contributed by atoms with Crippen LogP contribution in [-0.4, -0.2) is 15.9 Å². The third-order valence-electron chi connectivity index (χ3n) is 4.84. The van der Waals surface area contributed by atoms with E-state index in [1.807, 2.05) is 48.7 Å². The first kappa shape index (κ1) is 20.2. The van der Waals surface area contributed by atoms with E-state index in [-0.39, 0.29) is 18.1 Å². The van der Waals surface area contributed by atoms with Crippen LogP contribution in [0.3, 0.4) is 0 Å². The first-order valence-corrected chi connectivity index (χ1v) is 10.7. The molecule has 2 aromatic heterocycles. The van der Waals surface area contributed by atoms with Crippen LogP contribution in [0.5, 0.6) is 0 Å². The molecule has 0 atom stereocenters. The lowest BCUT2D eigenvalue weighted by molar-refractivity contribution is 0.207. The number of nitrogens with zero attached hydrogens (tertiary/aromatic N) is 1. The number of amides is 2. The maximum Gasteiger partial charge on any atom is 0.322 e. The highest BCUT2D eigenvalue weighted by Crippen LogP contribution is 2.19. The van der Waals surface area contributed by atoms with Crippen LogP contribution in [0, 0.1) is 6.92 Å². The minimum absolute atomic E-state index is 0.188. The molecule has 0 fully saturated rings. The highest BCUT2D eigenvalue weighted by atomic mass is 35.5. The summed E-state index contributed by atoms with van der Waals surface area (Å²) in [6, 6.07) is 18.3. The first-order chi connectivity index (χ1) is 14.5. The Bertz CT molecular complexity index is 1230. The number of hydrogen-bond donors (Lipinski definition) is 2. The number of thiophene rings is 1. The maximum absolute atomic E-state index is 13.0. The number of aromatic nitrogens is 1. The number of rotatable bonds is 5. The largest absolute Gasteiger partial charge is 0.322 e. The van der Waals surface area contributed by atoms with Crippen molar-refractivity contribution < 1.29 is 4.79 Å². The molecule has 2 heterocycles. The summed E-state index contributed by atoms with van der Waals surface area (Å²) in [5.41, 5.74) is 2.82. The molecule has 2 N–H and O–H groups in total. The molecule has 0 aliphatic rings. The number of hydrogen-bond acceptors (Lipinski definition) is 3. The summed E-state index contributed by atoms with van der Waals surface area (Å²) in [4.78, 5) is 31.4. The lowest BCUT2D eigenvalue weighted by Crippen LogP contribution is -2.35. The third kappa shape index (κ3) is 4.56. The smallest absolute Gasteiger partial charge is 0.321 e. The Balaban J connectivity index is 1.63. The molecule has 5 nitrogen and oxygen atoms in total. The number of pyridine rings is 1. The van der Waals surface area contributed by atoms with Gasteiger partial charge in [0.1, 0.15) is 0 Å². The minimum Gasteiger partial charge on any atom is -0.321 e. The van der Waals surface area contributed by atoms with Gasteiger partial charge in [-0.1, -0.05) is 35.9 Å². The molecule has 2 aromatic carbocycles. The SMILES string of the molecule is Cc1cccc2cc(CN(Cc3cccs3)C(=O)Nc3ccc(Cl)cc3)c(=O)[nH]c12. The van der Waals surface area contributed by atoms with Crippen LogP contribution < -0.4 is 10.9 Å². The van der Waals surface area contributed by atoms with Crippen molar-refractivity contribution in [3.63, 3.8) is 0 Å². The second kappa shape index (κ2) is 8.73. The van der Waals surface area contributed by atoms with Gasteiger partial charge in [-0.15, -0.1) is 11.3 Å². The molecule has 4 aromatic rings. The van der Waals surface area contributed by atoms with E-state index in [4.69, 9.17) is 11.6 Å². The van der Waals surface area contributed by atoms with Gasteiger partial charge in [0.25, 0.3) is 5.56 Å². The highest BCUT2D eigenvalue weighted by molar-refractivity contribution is 7.09. The molecule has 30 heavy (non-hydrogen) atoms. The van der Waals surface area contributed by atoms with Crippen LogP contribution in [-0.2, 0) is 13.1 Å². The average Bonchev–Trinajstić information content (AvgIpc) is 3.24. The molecule has 0 radical (unpaired) electrons. The van der Waals surface area contributed by atoms with E-state index in [0.717, 1.165) is 21.3 Å². The number of H-pyrrole nitrogens is 1. The van der Waals surface area contributed by atoms with E-state index in [2.05, 4.69) is 10.3 Å². The molecule has 7 heteroatoms. The Morgan fingerprint density at radius 1 is 1.10 bits per heavy atom. The number of aromatic amines is 1. The number of fused-ring (bicyclic) bond motifs is 1. The van der Waals surface area contributed by atoms with Gasteiger partial charge in [-0.2, -0.15) is 0 Å². The minimum atomic E-state index is -0.283. The van der Waals surface area contributed by atoms with Crippen molar-refractivity contribution in [2.75, 3.05) is 5.32 Å². The summed E-state index contributed by atoms with van der Waals surface area (Å²) >= 11 is 7.50.